The molecule has 1 saturated heterocycles. The molecule has 0 amide bonds. The van der Waals surface area contributed by atoms with E-state index in [1.807, 2.05) is 6.92 Å². The summed E-state index contributed by atoms with van der Waals surface area (Å²) >= 11 is 0. The van der Waals surface area contributed by atoms with Crippen LogP contribution < -0.4 is 0 Å². The number of hydrogen-bond donors (Lipinski definition) is 2. The van der Waals surface area contributed by atoms with Crippen LogP contribution in [0, 0.1) is 11.8 Å². The van der Waals surface area contributed by atoms with E-state index in [9.17, 15) is 10.2 Å². The zero-order valence-corrected chi connectivity index (χ0v) is 11.2. The molecule has 1 aliphatic carbocycles. The van der Waals surface area contributed by atoms with Crippen molar-refractivity contribution in [2.24, 2.45) is 11.8 Å². The number of rotatable bonds is 3. The van der Waals surface area contributed by atoms with Crippen molar-refractivity contribution in [3.63, 3.8) is 0 Å². The lowest BCUT2D eigenvalue weighted by atomic mass is 9.78. The predicted octanol–water partition coefficient (Wildman–Crippen LogP) is 1.63. The minimum atomic E-state index is -0.510. The second-order valence-corrected chi connectivity index (χ2v) is 6.40. The molecular weight excluding hydrogens is 214 g/mol. The topological polar surface area (TPSA) is 43.7 Å². The second-order valence-electron chi connectivity index (χ2n) is 6.40. The van der Waals surface area contributed by atoms with E-state index < -0.39 is 5.60 Å². The number of nitrogens with zero attached hydrogens (tertiary/aromatic N) is 1. The Morgan fingerprint density at radius 1 is 1.35 bits per heavy atom. The summed E-state index contributed by atoms with van der Waals surface area (Å²) in [6.45, 7) is 6.88. The molecule has 4 atom stereocenters. The Balaban J connectivity index is 1.85. The standard InChI is InChI=1S/C14H27NO2/c1-3-11-4-5-13(16)12(8-11)9-15-7-6-14(2,17)10-15/h11-13,16-17H,3-10H2,1-2H3. The van der Waals surface area contributed by atoms with E-state index in [0.717, 1.165) is 44.8 Å². The van der Waals surface area contributed by atoms with Gasteiger partial charge in [-0.2, -0.15) is 0 Å². The van der Waals surface area contributed by atoms with E-state index in [1.165, 1.54) is 12.8 Å². The van der Waals surface area contributed by atoms with Crippen LogP contribution in [-0.2, 0) is 0 Å². The lowest BCUT2D eigenvalue weighted by Crippen LogP contribution is -2.39. The Morgan fingerprint density at radius 2 is 2.12 bits per heavy atom. The quantitative estimate of drug-likeness (QED) is 0.789. The molecule has 0 spiro atoms. The van der Waals surface area contributed by atoms with Gasteiger partial charge in [0.1, 0.15) is 0 Å². The van der Waals surface area contributed by atoms with Gasteiger partial charge < -0.3 is 15.1 Å². The Kier molecular flexibility index (Phi) is 4.11. The largest absolute Gasteiger partial charge is 0.393 e. The van der Waals surface area contributed by atoms with Gasteiger partial charge in [0.2, 0.25) is 0 Å². The maximum Gasteiger partial charge on any atom is 0.0758 e. The van der Waals surface area contributed by atoms with Gasteiger partial charge in [0.15, 0.2) is 0 Å². The Morgan fingerprint density at radius 3 is 2.71 bits per heavy atom. The first-order chi connectivity index (χ1) is 8.00. The summed E-state index contributed by atoms with van der Waals surface area (Å²) in [5.41, 5.74) is -0.510. The third-order valence-electron chi connectivity index (χ3n) is 4.65. The summed E-state index contributed by atoms with van der Waals surface area (Å²) in [7, 11) is 0. The molecule has 2 N–H and O–H groups in total. The van der Waals surface area contributed by atoms with Crippen LogP contribution in [0.5, 0.6) is 0 Å². The summed E-state index contributed by atoms with van der Waals surface area (Å²) < 4.78 is 0. The first-order valence-electron chi connectivity index (χ1n) is 7.13. The normalized spacial score (nSPS) is 44.1. The van der Waals surface area contributed by atoms with Crippen LogP contribution in [0.1, 0.15) is 46.0 Å². The molecule has 3 heteroatoms. The highest BCUT2D eigenvalue weighted by Crippen LogP contribution is 2.33. The molecule has 0 radical (unpaired) electrons. The van der Waals surface area contributed by atoms with E-state index in [1.54, 1.807) is 0 Å². The summed E-state index contributed by atoms with van der Waals surface area (Å²) in [6, 6.07) is 0. The Labute approximate surface area is 105 Å². The van der Waals surface area contributed by atoms with Crippen LogP contribution in [0.4, 0.5) is 0 Å². The van der Waals surface area contributed by atoms with Gasteiger partial charge in [-0.3, -0.25) is 0 Å². The van der Waals surface area contributed by atoms with Crippen molar-refractivity contribution in [1.82, 2.24) is 4.90 Å². The van der Waals surface area contributed by atoms with Crippen LogP contribution in [0.2, 0.25) is 0 Å². The summed E-state index contributed by atoms with van der Waals surface area (Å²) in [6.07, 6.45) is 5.30. The van der Waals surface area contributed by atoms with Gasteiger partial charge in [-0.15, -0.1) is 0 Å². The van der Waals surface area contributed by atoms with Gasteiger partial charge in [0.25, 0.3) is 0 Å². The summed E-state index contributed by atoms with van der Waals surface area (Å²) in [5.74, 6) is 1.22. The molecule has 100 valence electrons. The molecule has 2 rings (SSSR count). The second kappa shape index (κ2) is 5.25. The van der Waals surface area contributed by atoms with Crippen molar-refractivity contribution in [2.75, 3.05) is 19.6 Å². The molecule has 17 heavy (non-hydrogen) atoms. The monoisotopic (exact) mass is 241 g/mol. The maximum absolute atomic E-state index is 10.1. The van der Waals surface area contributed by atoms with Crippen LogP contribution in [0.15, 0.2) is 0 Å². The van der Waals surface area contributed by atoms with E-state index in [4.69, 9.17) is 0 Å². The van der Waals surface area contributed by atoms with Crippen molar-refractivity contribution in [3.8, 4) is 0 Å². The highest BCUT2D eigenvalue weighted by Gasteiger charge is 2.35. The first kappa shape index (κ1) is 13.3. The summed E-state index contributed by atoms with van der Waals surface area (Å²) in [4.78, 5) is 2.33. The van der Waals surface area contributed by atoms with Crippen LogP contribution in [0.25, 0.3) is 0 Å². The number of aliphatic hydroxyl groups excluding tert-OH is 1. The van der Waals surface area contributed by atoms with Crippen molar-refractivity contribution < 1.29 is 10.2 Å². The summed E-state index contributed by atoms with van der Waals surface area (Å²) in [5, 5.41) is 20.0. The van der Waals surface area contributed by atoms with Gasteiger partial charge in [0, 0.05) is 19.6 Å². The molecule has 0 aromatic rings. The molecule has 4 unspecified atom stereocenters. The maximum atomic E-state index is 10.1. The minimum Gasteiger partial charge on any atom is -0.393 e. The molecule has 0 aromatic heterocycles. The van der Waals surface area contributed by atoms with Gasteiger partial charge in [0.05, 0.1) is 11.7 Å². The molecule has 0 bridgehead atoms. The lowest BCUT2D eigenvalue weighted by molar-refractivity contribution is 0.0214. The fourth-order valence-electron chi connectivity index (χ4n) is 3.44. The highest BCUT2D eigenvalue weighted by atomic mass is 16.3. The molecule has 3 nitrogen and oxygen atoms in total. The average Bonchev–Trinajstić information content (AvgIpc) is 2.61. The smallest absolute Gasteiger partial charge is 0.0758 e. The van der Waals surface area contributed by atoms with E-state index >= 15 is 0 Å². The highest BCUT2D eigenvalue weighted by molar-refractivity contribution is 4.89. The molecule has 2 aliphatic rings. The van der Waals surface area contributed by atoms with Gasteiger partial charge in [-0.1, -0.05) is 13.3 Å². The predicted molar refractivity (Wildman–Crippen MR) is 68.8 cm³/mol. The molecule has 2 fully saturated rings. The number of β-amino-alcohol motifs (C(OH)–C–C–N with tert-alkyl or cyclic N) is 1. The Hall–Kier alpha value is -0.120. The zero-order chi connectivity index (χ0) is 12.5. The third-order valence-corrected chi connectivity index (χ3v) is 4.65. The van der Waals surface area contributed by atoms with E-state index in [2.05, 4.69) is 11.8 Å². The molecule has 0 aromatic carbocycles. The lowest BCUT2D eigenvalue weighted by Gasteiger charge is -2.35. The zero-order valence-electron chi connectivity index (χ0n) is 11.2. The fraction of sp³-hybridized carbons (Fsp3) is 1.00. The van der Waals surface area contributed by atoms with Crippen molar-refractivity contribution in [1.29, 1.82) is 0 Å². The Bertz CT molecular complexity index is 255. The molecule has 1 aliphatic heterocycles. The van der Waals surface area contributed by atoms with Crippen LogP contribution >= 0.6 is 0 Å². The van der Waals surface area contributed by atoms with Crippen LogP contribution in [-0.4, -0.2) is 46.5 Å². The number of aliphatic hydroxyl groups is 2. The first-order valence-corrected chi connectivity index (χ1v) is 7.13. The molecular formula is C14H27NO2. The van der Waals surface area contributed by atoms with Gasteiger partial charge in [-0.05, 0) is 44.4 Å². The average molecular weight is 241 g/mol. The van der Waals surface area contributed by atoms with Crippen LogP contribution in [0.3, 0.4) is 0 Å². The van der Waals surface area contributed by atoms with E-state index in [-0.39, 0.29) is 6.10 Å². The number of likely N-dealkylation sites (tertiary alicyclic amines) is 1. The SMILES string of the molecule is CCC1CCC(O)C(CN2CCC(C)(O)C2)C1. The minimum absolute atomic E-state index is 0.122. The van der Waals surface area contributed by atoms with E-state index in [0.29, 0.717) is 5.92 Å². The van der Waals surface area contributed by atoms with Gasteiger partial charge >= 0.3 is 0 Å². The fourth-order valence-corrected chi connectivity index (χ4v) is 3.44. The third kappa shape index (κ3) is 3.43. The van der Waals surface area contributed by atoms with Crippen molar-refractivity contribution in [2.45, 2.75) is 57.7 Å². The molecule has 1 heterocycles. The van der Waals surface area contributed by atoms with Crippen molar-refractivity contribution in [3.05, 3.63) is 0 Å². The number of hydrogen-bond acceptors (Lipinski definition) is 3. The van der Waals surface area contributed by atoms with Gasteiger partial charge in [-0.25, -0.2) is 0 Å². The molecule has 1 saturated carbocycles. The van der Waals surface area contributed by atoms with Crippen molar-refractivity contribution >= 4 is 0 Å².